The fraction of sp³-hybridized carbons (Fsp3) is 0.200. The van der Waals surface area contributed by atoms with Crippen LogP contribution in [0.5, 0.6) is 0 Å². The van der Waals surface area contributed by atoms with Gasteiger partial charge in [0.05, 0.1) is 22.1 Å². The number of hydrogen-bond donors (Lipinski definition) is 2. The molecular formula is C10H8N2O5. The van der Waals surface area contributed by atoms with Gasteiger partial charge in [0.1, 0.15) is 0 Å². The van der Waals surface area contributed by atoms with Gasteiger partial charge in [-0.1, -0.05) is 0 Å². The van der Waals surface area contributed by atoms with Gasteiger partial charge in [0.2, 0.25) is 0 Å². The molecule has 0 saturated carbocycles. The third-order valence-corrected chi connectivity index (χ3v) is 2.22. The summed E-state index contributed by atoms with van der Waals surface area (Å²) in [5.74, 6) is -1.59. The van der Waals surface area contributed by atoms with Gasteiger partial charge in [0.25, 0.3) is 5.69 Å². The Morgan fingerprint density at radius 3 is 2.59 bits per heavy atom. The lowest BCUT2D eigenvalue weighted by Crippen LogP contribution is -2.13. The molecule has 17 heavy (non-hydrogen) atoms. The van der Waals surface area contributed by atoms with Gasteiger partial charge in [-0.3, -0.25) is 10.1 Å². The molecule has 0 aliphatic heterocycles. The van der Waals surface area contributed by atoms with Crippen LogP contribution in [0.1, 0.15) is 22.8 Å². The van der Waals surface area contributed by atoms with Crippen molar-refractivity contribution in [1.82, 2.24) is 0 Å². The maximum Gasteiger partial charge on any atom is 0.337 e. The van der Waals surface area contributed by atoms with Gasteiger partial charge < -0.3 is 10.2 Å². The van der Waals surface area contributed by atoms with Crippen molar-refractivity contribution in [3.63, 3.8) is 0 Å². The van der Waals surface area contributed by atoms with Crippen molar-refractivity contribution in [1.29, 1.82) is 5.26 Å². The van der Waals surface area contributed by atoms with Gasteiger partial charge in [0.15, 0.2) is 6.10 Å². The van der Waals surface area contributed by atoms with E-state index >= 15 is 0 Å². The first-order valence-electron chi connectivity index (χ1n) is 4.48. The topological polar surface area (TPSA) is 124 Å². The third-order valence-electron chi connectivity index (χ3n) is 2.22. The average molecular weight is 236 g/mol. The van der Waals surface area contributed by atoms with Crippen molar-refractivity contribution in [3.8, 4) is 6.07 Å². The number of nitro groups is 1. The lowest BCUT2D eigenvalue weighted by atomic mass is 10.00. The molecule has 1 atom stereocenters. The molecule has 1 aromatic rings. The zero-order chi connectivity index (χ0) is 13.2. The minimum absolute atomic E-state index is 0.0676. The number of carboxylic acids is 1. The Kier molecular flexibility index (Phi) is 3.40. The smallest absolute Gasteiger partial charge is 0.337 e. The first-order valence-corrected chi connectivity index (χ1v) is 4.48. The van der Waals surface area contributed by atoms with Crippen molar-refractivity contribution in [2.45, 2.75) is 13.0 Å². The summed E-state index contributed by atoms with van der Waals surface area (Å²) in [6.07, 6.45) is -1.98. The molecule has 0 amide bonds. The Morgan fingerprint density at radius 2 is 2.18 bits per heavy atom. The van der Waals surface area contributed by atoms with Crippen LogP contribution >= 0.6 is 0 Å². The number of nitriles is 1. The zero-order valence-electron chi connectivity index (χ0n) is 8.75. The molecule has 0 radical (unpaired) electrons. The van der Waals surface area contributed by atoms with Crippen molar-refractivity contribution in [3.05, 3.63) is 38.9 Å². The van der Waals surface area contributed by atoms with Crippen molar-refractivity contribution in [2.24, 2.45) is 0 Å². The number of aliphatic carboxylic acids is 1. The Morgan fingerprint density at radius 1 is 1.59 bits per heavy atom. The Balaban J connectivity index is 3.49. The van der Waals surface area contributed by atoms with E-state index in [9.17, 15) is 20.0 Å². The first kappa shape index (κ1) is 12.6. The number of hydrogen-bond acceptors (Lipinski definition) is 5. The van der Waals surface area contributed by atoms with Gasteiger partial charge in [-0.15, -0.1) is 0 Å². The maximum absolute atomic E-state index is 10.7. The van der Waals surface area contributed by atoms with Crippen molar-refractivity contribution >= 4 is 11.7 Å². The molecule has 0 aliphatic carbocycles. The maximum atomic E-state index is 10.7. The van der Waals surface area contributed by atoms with E-state index in [-0.39, 0.29) is 11.1 Å². The summed E-state index contributed by atoms with van der Waals surface area (Å²) in [5.41, 5.74) is -0.479. The second-order valence-electron chi connectivity index (χ2n) is 3.34. The Labute approximate surface area is 95.7 Å². The fourth-order valence-electron chi connectivity index (χ4n) is 1.35. The largest absolute Gasteiger partial charge is 0.479 e. The van der Waals surface area contributed by atoms with E-state index in [0.717, 1.165) is 12.1 Å². The molecule has 0 saturated heterocycles. The van der Waals surface area contributed by atoms with Gasteiger partial charge >= 0.3 is 5.97 Å². The minimum atomic E-state index is -1.98. The number of aliphatic hydroxyl groups excluding tert-OH is 1. The number of benzene rings is 1. The van der Waals surface area contributed by atoms with Crippen LogP contribution in [0.25, 0.3) is 0 Å². The van der Waals surface area contributed by atoms with E-state index < -0.39 is 22.7 Å². The van der Waals surface area contributed by atoms with E-state index in [2.05, 4.69) is 0 Å². The highest BCUT2D eigenvalue weighted by molar-refractivity contribution is 5.76. The quantitative estimate of drug-likeness (QED) is 0.593. The zero-order valence-corrected chi connectivity index (χ0v) is 8.75. The molecular weight excluding hydrogens is 228 g/mol. The fourth-order valence-corrected chi connectivity index (χ4v) is 1.35. The second kappa shape index (κ2) is 4.59. The molecule has 1 aromatic carbocycles. The van der Waals surface area contributed by atoms with E-state index in [1.54, 1.807) is 6.07 Å². The first-order chi connectivity index (χ1) is 7.88. The van der Waals surface area contributed by atoms with Gasteiger partial charge in [-0.05, 0) is 18.6 Å². The van der Waals surface area contributed by atoms with Crippen LogP contribution in [0.15, 0.2) is 12.1 Å². The number of aryl methyl sites for hydroxylation is 1. The van der Waals surface area contributed by atoms with Crippen LogP contribution in [0.3, 0.4) is 0 Å². The highest BCUT2D eigenvalue weighted by Gasteiger charge is 2.27. The van der Waals surface area contributed by atoms with Gasteiger partial charge in [-0.25, -0.2) is 4.79 Å². The average Bonchev–Trinajstić information content (AvgIpc) is 2.27. The van der Waals surface area contributed by atoms with E-state index in [0.29, 0.717) is 5.56 Å². The van der Waals surface area contributed by atoms with Crippen molar-refractivity contribution < 1.29 is 19.9 Å². The second-order valence-corrected chi connectivity index (χ2v) is 3.34. The van der Waals surface area contributed by atoms with Crippen LogP contribution in [-0.2, 0) is 4.79 Å². The third kappa shape index (κ3) is 2.38. The predicted octanol–water partition coefficient (Wildman–Crippen LogP) is 0.893. The lowest BCUT2D eigenvalue weighted by Gasteiger charge is -2.08. The summed E-state index contributed by atoms with van der Waals surface area (Å²) in [7, 11) is 0. The molecule has 0 bridgehead atoms. The molecule has 0 aromatic heterocycles. The molecule has 1 rings (SSSR count). The van der Waals surface area contributed by atoms with Crippen LogP contribution in [0.4, 0.5) is 5.69 Å². The Hall–Kier alpha value is -2.46. The van der Waals surface area contributed by atoms with Crippen LogP contribution < -0.4 is 0 Å². The standard InChI is InChI=1S/C10H8N2O5/c1-5-2-7(9(13)10(14)15)8(12(16)17)3-6(5)4-11/h2-3,9,13H,1H3,(H,14,15). The van der Waals surface area contributed by atoms with E-state index in [1.165, 1.54) is 6.92 Å². The van der Waals surface area contributed by atoms with Crippen LogP contribution in [0.2, 0.25) is 0 Å². The monoisotopic (exact) mass is 236 g/mol. The van der Waals surface area contributed by atoms with E-state index in [1.807, 2.05) is 0 Å². The number of carboxylic acid groups (broad SMARTS) is 1. The SMILES string of the molecule is Cc1cc(C(O)C(=O)O)c([N+](=O)[O-])cc1C#N. The molecule has 7 heteroatoms. The van der Waals surface area contributed by atoms with Gasteiger partial charge in [-0.2, -0.15) is 5.26 Å². The van der Waals surface area contributed by atoms with Crippen LogP contribution in [0, 0.1) is 28.4 Å². The molecule has 1 unspecified atom stereocenters. The number of carbonyl (C=O) groups is 1. The molecule has 0 aliphatic rings. The summed E-state index contributed by atoms with van der Waals surface area (Å²) in [4.78, 5) is 20.5. The summed E-state index contributed by atoms with van der Waals surface area (Å²) < 4.78 is 0. The lowest BCUT2D eigenvalue weighted by molar-refractivity contribution is -0.386. The number of nitrogens with zero attached hydrogens (tertiary/aromatic N) is 2. The van der Waals surface area contributed by atoms with E-state index in [4.69, 9.17) is 10.4 Å². The van der Waals surface area contributed by atoms with Gasteiger partial charge in [0, 0.05) is 6.07 Å². The summed E-state index contributed by atoms with van der Waals surface area (Å²) >= 11 is 0. The van der Waals surface area contributed by atoms with Crippen LogP contribution in [-0.4, -0.2) is 21.1 Å². The van der Waals surface area contributed by atoms with Crippen molar-refractivity contribution in [2.75, 3.05) is 0 Å². The number of aliphatic hydroxyl groups is 1. The summed E-state index contributed by atoms with van der Waals surface area (Å²) in [6.45, 7) is 1.50. The summed E-state index contributed by atoms with van der Waals surface area (Å²) in [5, 5.41) is 37.4. The number of rotatable bonds is 3. The Bertz CT molecular complexity index is 532. The highest BCUT2D eigenvalue weighted by atomic mass is 16.6. The molecule has 2 N–H and O–H groups in total. The molecule has 0 fully saturated rings. The molecule has 88 valence electrons. The summed E-state index contributed by atoms with van der Waals surface area (Å²) in [6, 6.07) is 3.84. The molecule has 0 heterocycles. The predicted molar refractivity (Wildman–Crippen MR) is 55.1 cm³/mol. The highest BCUT2D eigenvalue weighted by Crippen LogP contribution is 2.28. The normalized spacial score (nSPS) is 11.6. The molecule has 7 nitrogen and oxygen atoms in total. The molecule has 0 spiro atoms. The minimum Gasteiger partial charge on any atom is -0.479 e. The number of nitro benzene ring substituents is 1.